The van der Waals surface area contributed by atoms with Crippen LogP contribution in [0.1, 0.15) is 97.8 Å². The first kappa shape index (κ1) is 25.9. The van der Waals surface area contributed by atoms with Crippen LogP contribution in [-0.4, -0.2) is 31.6 Å². The Morgan fingerprint density at radius 3 is 2.10 bits per heavy atom. The van der Waals surface area contributed by atoms with Crippen molar-refractivity contribution < 1.29 is 19.0 Å². The first-order valence-corrected chi connectivity index (χ1v) is 11.9. The van der Waals surface area contributed by atoms with E-state index >= 15 is 0 Å². The Hall–Kier alpha value is -1.13. The standard InChI is InChI=1S/C25H44O4/c1-4-5-6-7-8-9-10-11-12-13-14-15-16-17-18-19-24(26)29-23-20-27-25(22(2)3)28-21-23/h8-9,11-12,22-23,25H,4-7,10,13-21H2,1-3H3/b9-8+,12-11+. The van der Waals surface area contributed by atoms with Crippen molar-refractivity contribution in [3.05, 3.63) is 24.3 Å². The van der Waals surface area contributed by atoms with E-state index in [1.165, 1.54) is 44.9 Å². The summed E-state index contributed by atoms with van der Waals surface area (Å²) < 4.78 is 16.6. The van der Waals surface area contributed by atoms with Crippen molar-refractivity contribution in [1.82, 2.24) is 0 Å². The molecule has 0 aromatic carbocycles. The van der Waals surface area contributed by atoms with Crippen LogP contribution in [0.5, 0.6) is 0 Å². The van der Waals surface area contributed by atoms with E-state index in [1.54, 1.807) is 0 Å². The van der Waals surface area contributed by atoms with Crippen molar-refractivity contribution in [3.63, 3.8) is 0 Å². The maximum Gasteiger partial charge on any atom is 0.306 e. The van der Waals surface area contributed by atoms with Crippen molar-refractivity contribution >= 4 is 5.97 Å². The third kappa shape index (κ3) is 14.5. The second kappa shape index (κ2) is 17.7. The molecular weight excluding hydrogens is 364 g/mol. The number of carbonyl (C=O) groups is 1. The lowest BCUT2D eigenvalue weighted by molar-refractivity contribution is -0.239. The van der Waals surface area contributed by atoms with E-state index in [2.05, 4.69) is 45.1 Å². The van der Waals surface area contributed by atoms with Crippen molar-refractivity contribution in [2.75, 3.05) is 13.2 Å². The molecule has 1 rings (SSSR count). The highest BCUT2D eigenvalue weighted by Gasteiger charge is 2.26. The summed E-state index contributed by atoms with van der Waals surface area (Å²) in [6.07, 6.45) is 22.2. The molecule has 0 bridgehead atoms. The highest BCUT2D eigenvalue weighted by molar-refractivity contribution is 5.69. The molecule has 0 radical (unpaired) electrons. The van der Waals surface area contributed by atoms with Crippen LogP contribution in [0.2, 0.25) is 0 Å². The average Bonchev–Trinajstić information content (AvgIpc) is 2.71. The third-order valence-electron chi connectivity index (χ3n) is 5.07. The van der Waals surface area contributed by atoms with E-state index in [1.807, 2.05) is 0 Å². The molecule has 0 aromatic rings. The van der Waals surface area contributed by atoms with Crippen LogP contribution in [0.25, 0.3) is 0 Å². The van der Waals surface area contributed by atoms with Crippen molar-refractivity contribution in [2.45, 2.75) is 110 Å². The van der Waals surface area contributed by atoms with Crippen LogP contribution in [0.15, 0.2) is 24.3 Å². The molecule has 1 aliphatic rings. The van der Waals surface area contributed by atoms with Gasteiger partial charge in [-0.3, -0.25) is 4.79 Å². The van der Waals surface area contributed by atoms with Gasteiger partial charge in [-0.25, -0.2) is 0 Å². The molecule has 0 saturated carbocycles. The zero-order valence-corrected chi connectivity index (χ0v) is 19.1. The van der Waals surface area contributed by atoms with Crippen LogP contribution < -0.4 is 0 Å². The lowest BCUT2D eigenvalue weighted by Gasteiger charge is -2.31. The summed E-state index contributed by atoms with van der Waals surface area (Å²) in [6.45, 7) is 7.24. The molecule has 1 heterocycles. The average molecular weight is 409 g/mol. The minimum Gasteiger partial charge on any atom is -0.457 e. The van der Waals surface area contributed by atoms with E-state index in [4.69, 9.17) is 14.2 Å². The number of hydrogen-bond acceptors (Lipinski definition) is 4. The molecule has 1 saturated heterocycles. The topological polar surface area (TPSA) is 44.8 Å². The zero-order valence-electron chi connectivity index (χ0n) is 19.1. The summed E-state index contributed by atoms with van der Waals surface area (Å²) in [7, 11) is 0. The Morgan fingerprint density at radius 1 is 0.897 bits per heavy atom. The first-order valence-electron chi connectivity index (χ1n) is 11.9. The number of rotatable bonds is 16. The second-order valence-electron chi connectivity index (χ2n) is 8.37. The molecule has 168 valence electrons. The van der Waals surface area contributed by atoms with E-state index in [-0.39, 0.29) is 18.4 Å². The minimum atomic E-state index is -0.254. The Bertz CT molecular complexity index is 448. The predicted octanol–water partition coefficient (Wildman–Crippen LogP) is 6.74. The number of hydrogen-bond donors (Lipinski definition) is 0. The molecule has 4 nitrogen and oxygen atoms in total. The number of unbranched alkanes of at least 4 members (excludes halogenated alkanes) is 8. The summed E-state index contributed by atoms with van der Waals surface area (Å²) in [6, 6.07) is 0. The largest absolute Gasteiger partial charge is 0.457 e. The fourth-order valence-corrected chi connectivity index (χ4v) is 3.28. The predicted molar refractivity (Wildman–Crippen MR) is 120 cm³/mol. The van der Waals surface area contributed by atoms with Gasteiger partial charge in [-0.15, -0.1) is 0 Å². The van der Waals surface area contributed by atoms with Crippen LogP contribution >= 0.6 is 0 Å². The number of allylic oxidation sites excluding steroid dienone is 4. The smallest absolute Gasteiger partial charge is 0.306 e. The van der Waals surface area contributed by atoms with Gasteiger partial charge in [-0.2, -0.15) is 0 Å². The molecule has 0 aliphatic carbocycles. The third-order valence-corrected chi connectivity index (χ3v) is 5.07. The van der Waals surface area contributed by atoms with E-state index < -0.39 is 0 Å². The van der Waals surface area contributed by atoms with E-state index in [0.717, 1.165) is 25.7 Å². The summed E-state index contributed by atoms with van der Waals surface area (Å²) in [5.74, 6) is 0.190. The first-order chi connectivity index (χ1) is 14.1. The fraction of sp³-hybridized carbons (Fsp3) is 0.800. The highest BCUT2D eigenvalue weighted by atomic mass is 16.7. The second-order valence-corrected chi connectivity index (χ2v) is 8.37. The summed E-state index contributed by atoms with van der Waals surface area (Å²) in [5, 5.41) is 0. The quantitative estimate of drug-likeness (QED) is 0.161. The summed E-state index contributed by atoms with van der Waals surface area (Å²) in [4.78, 5) is 11.9. The van der Waals surface area contributed by atoms with Crippen LogP contribution in [-0.2, 0) is 19.0 Å². The molecule has 1 fully saturated rings. The van der Waals surface area contributed by atoms with Gasteiger partial charge in [0, 0.05) is 12.3 Å². The van der Waals surface area contributed by atoms with Crippen molar-refractivity contribution in [2.24, 2.45) is 5.92 Å². The Labute approximate surface area is 179 Å². The maximum absolute atomic E-state index is 11.9. The number of esters is 1. The van der Waals surface area contributed by atoms with E-state index in [0.29, 0.717) is 25.6 Å². The van der Waals surface area contributed by atoms with Crippen molar-refractivity contribution in [1.29, 1.82) is 0 Å². The van der Waals surface area contributed by atoms with Gasteiger partial charge in [0.15, 0.2) is 6.29 Å². The Balaban J connectivity index is 1.88. The van der Waals surface area contributed by atoms with Crippen LogP contribution in [0.3, 0.4) is 0 Å². The summed E-state index contributed by atoms with van der Waals surface area (Å²) in [5.41, 5.74) is 0. The van der Waals surface area contributed by atoms with Crippen LogP contribution in [0, 0.1) is 5.92 Å². The number of ether oxygens (including phenoxy) is 3. The molecule has 0 amide bonds. The Morgan fingerprint density at radius 2 is 1.48 bits per heavy atom. The minimum absolute atomic E-state index is 0.129. The molecule has 29 heavy (non-hydrogen) atoms. The number of carbonyl (C=O) groups excluding carboxylic acids is 1. The van der Waals surface area contributed by atoms with Crippen molar-refractivity contribution in [3.8, 4) is 0 Å². The maximum atomic E-state index is 11.9. The molecule has 0 aromatic heterocycles. The Kier molecular flexibility index (Phi) is 15.8. The molecule has 0 spiro atoms. The molecular formula is C25H44O4. The summed E-state index contributed by atoms with van der Waals surface area (Å²) >= 11 is 0. The van der Waals surface area contributed by atoms with Gasteiger partial charge in [0.1, 0.15) is 6.10 Å². The molecule has 1 aliphatic heterocycles. The van der Waals surface area contributed by atoms with E-state index in [9.17, 15) is 4.79 Å². The van der Waals surface area contributed by atoms with Gasteiger partial charge >= 0.3 is 5.97 Å². The SMILES string of the molecule is CCCCC/C=C/C/C=C/CCCCCCCC(=O)OC1COC(C(C)C)OC1. The molecule has 0 unspecified atom stereocenters. The normalized spacial score (nSPS) is 20.1. The van der Waals surface area contributed by atoms with Gasteiger partial charge in [0.05, 0.1) is 13.2 Å². The molecule has 0 atom stereocenters. The lowest BCUT2D eigenvalue weighted by atomic mass is 10.1. The van der Waals surface area contributed by atoms with Gasteiger partial charge in [0.2, 0.25) is 0 Å². The fourth-order valence-electron chi connectivity index (χ4n) is 3.28. The van der Waals surface area contributed by atoms with Crippen LogP contribution in [0.4, 0.5) is 0 Å². The van der Waals surface area contributed by atoms with Gasteiger partial charge in [0.25, 0.3) is 0 Å². The monoisotopic (exact) mass is 408 g/mol. The highest BCUT2D eigenvalue weighted by Crippen LogP contribution is 2.16. The molecule has 4 heteroatoms. The van der Waals surface area contributed by atoms with Gasteiger partial charge < -0.3 is 14.2 Å². The molecule has 0 N–H and O–H groups in total. The lowest BCUT2D eigenvalue weighted by Crippen LogP contribution is -2.40. The zero-order chi connectivity index (χ0) is 21.2. The van der Waals surface area contributed by atoms with Gasteiger partial charge in [-0.1, -0.05) is 77.2 Å². The van der Waals surface area contributed by atoms with Gasteiger partial charge in [-0.05, 0) is 38.5 Å².